The molecule has 0 aromatic heterocycles. The average molecular weight is 875 g/mol. The number of aliphatic hydroxyl groups is 3. The fourth-order valence-corrected chi connectivity index (χ4v) is 8.89. The van der Waals surface area contributed by atoms with E-state index in [2.05, 4.69) is 31.3 Å². The van der Waals surface area contributed by atoms with E-state index in [9.17, 15) is 20.1 Å². The summed E-state index contributed by atoms with van der Waals surface area (Å²) in [5.74, 6) is -0.500. The number of carbonyl (C=O) groups is 1. The minimum Gasteiger partial charge on any atom is -0.394 e. The van der Waals surface area contributed by atoms with Crippen molar-refractivity contribution in [3.63, 3.8) is 0 Å². The monoisotopic (exact) mass is 874 g/mol. The van der Waals surface area contributed by atoms with Crippen molar-refractivity contribution in [2.45, 2.75) is 327 Å². The van der Waals surface area contributed by atoms with Gasteiger partial charge in [-0.05, 0) is 44.9 Å². The Morgan fingerprint density at radius 1 is 0.387 bits per heavy atom. The van der Waals surface area contributed by atoms with Crippen LogP contribution in [0.4, 0.5) is 0 Å². The molecule has 0 aromatic rings. The number of unbranched alkanes of at least 4 members (excludes halogenated alkanes) is 42. The van der Waals surface area contributed by atoms with Gasteiger partial charge in [-0.2, -0.15) is 0 Å². The Morgan fingerprint density at radius 2 is 0.645 bits per heavy atom. The van der Waals surface area contributed by atoms with Crippen LogP contribution in [0, 0.1) is 0 Å². The first-order chi connectivity index (χ1) is 30.6. The number of allylic oxidation sites excluding steroid dienone is 3. The van der Waals surface area contributed by atoms with E-state index in [1.165, 1.54) is 257 Å². The van der Waals surface area contributed by atoms with E-state index in [-0.39, 0.29) is 6.61 Å². The molecular weight excluding hydrogens is 763 g/mol. The molecule has 0 saturated heterocycles. The van der Waals surface area contributed by atoms with E-state index in [1.54, 1.807) is 6.08 Å². The van der Waals surface area contributed by atoms with E-state index >= 15 is 0 Å². The Morgan fingerprint density at radius 3 is 0.935 bits per heavy atom. The predicted octanol–water partition coefficient (Wildman–Crippen LogP) is 17.3. The Bertz CT molecular complexity index is 920. The number of hydrogen-bond acceptors (Lipinski definition) is 4. The van der Waals surface area contributed by atoms with Gasteiger partial charge in [0, 0.05) is 0 Å². The first-order valence-corrected chi connectivity index (χ1v) is 28.2. The van der Waals surface area contributed by atoms with Crippen molar-refractivity contribution in [2.24, 2.45) is 0 Å². The van der Waals surface area contributed by atoms with Crippen LogP contribution in [-0.2, 0) is 4.79 Å². The molecule has 3 unspecified atom stereocenters. The second-order valence-corrected chi connectivity index (χ2v) is 19.5. The molecule has 0 aromatic carbocycles. The lowest BCUT2D eigenvalue weighted by Crippen LogP contribution is -2.48. The highest BCUT2D eigenvalue weighted by Crippen LogP contribution is 2.17. The number of aliphatic hydroxyl groups excluding tert-OH is 3. The topological polar surface area (TPSA) is 89.8 Å². The highest BCUT2D eigenvalue weighted by molar-refractivity contribution is 5.80. The molecule has 0 aliphatic rings. The lowest BCUT2D eigenvalue weighted by Gasteiger charge is -2.21. The maximum absolute atomic E-state index is 12.5. The van der Waals surface area contributed by atoms with Crippen LogP contribution in [0.3, 0.4) is 0 Å². The predicted molar refractivity (Wildman–Crippen MR) is 273 cm³/mol. The van der Waals surface area contributed by atoms with Gasteiger partial charge < -0.3 is 20.6 Å². The number of carbonyl (C=O) groups excluding carboxylic acids is 1. The minimum atomic E-state index is -1.09. The lowest BCUT2D eigenvalue weighted by atomic mass is 10.0. The van der Waals surface area contributed by atoms with Gasteiger partial charge in [0.15, 0.2) is 0 Å². The molecule has 0 rings (SSSR count). The standard InChI is InChI=1S/C57H111NO4/c1-3-5-7-9-11-13-15-17-18-19-20-21-22-23-24-25-26-27-28-29-30-31-32-33-34-35-36-37-38-39-40-42-44-46-48-50-52-56(61)57(62)58-54(53-59)55(60)51-49-47-45-43-41-16-14-12-10-8-6-4-2/h27-28,49,51,54-56,59-61H,3-26,29-48,50,52-53H2,1-2H3,(H,58,62)/b28-27-,51-49+. The van der Waals surface area contributed by atoms with Crippen molar-refractivity contribution in [3.05, 3.63) is 24.3 Å². The Kier molecular flexibility index (Phi) is 51.5. The van der Waals surface area contributed by atoms with Gasteiger partial charge in [-0.1, -0.05) is 289 Å². The van der Waals surface area contributed by atoms with Gasteiger partial charge in [-0.3, -0.25) is 4.79 Å². The van der Waals surface area contributed by atoms with Crippen LogP contribution in [0.1, 0.15) is 309 Å². The summed E-state index contributed by atoms with van der Waals surface area (Å²) < 4.78 is 0. The van der Waals surface area contributed by atoms with Crippen LogP contribution in [0.25, 0.3) is 0 Å². The third kappa shape index (κ3) is 46.8. The summed E-state index contributed by atoms with van der Waals surface area (Å²) in [4.78, 5) is 12.5. The smallest absolute Gasteiger partial charge is 0.249 e. The van der Waals surface area contributed by atoms with Crippen molar-refractivity contribution in [1.82, 2.24) is 5.32 Å². The zero-order valence-electron chi connectivity index (χ0n) is 42.0. The van der Waals surface area contributed by atoms with Crippen LogP contribution in [0.15, 0.2) is 24.3 Å². The highest BCUT2D eigenvalue weighted by Gasteiger charge is 2.22. The molecule has 62 heavy (non-hydrogen) atoms. The van der Waals surface area contributed by atoms with Crippen molar-refractivity contribution in [2.75, 3.05) is 6.61 Å². The second-order valence-electron chi connectivity index (χ2n) is 19.5. The summed E-state index contributed by atoms with van der Waals surface area (Å²) >= 11 is 0. The van der Waals surface area contributed by atoms with Crippen LogP contribution in [-0.4, -0.2) is 46.1 Å². The van der Waals surface area contributed by atoms with Crippen LogP contribution >= 0.6 is 0 Å². The summed E-state index contributed by atoms with van der Waals surface area (Å²) in [5, 5.41) is 33.2. The fourth-order valence-electron chi connectivity index (χ4n) is 8.89. The highest BCUT2D eigenvalue weighted by atomic mass is 16.3. The van der Waals surface area contributed by atoms with Crippen molar-refractivity contribution >= 4 is 5.91 Å². The summed E-state index contributed by atoms with van der Waals surface area (Å²) in [5.41, 5.74) is 0. The van der Waals surface area contributed by atoms with E-state index in [4.69, 9.17) is 0 Å². The van der Waals surface area contributed by atoms with Crippen LogP contribution in [0.2, 0.25) is 0 Å². The molecule has 368 valence electrons. The summed E-state index contributed by atoms with van der Waals surface area (Å²) in [6.45, 7) is 4.20. The summed E-state index contributed by atoms with van der Waals surface area (Å²) in [6.07, 6.45) is 67.1. The van der Waals surface area contributed by atoms with E-state index in [1.807, 2.05) is 6.08 Å². The Balaban J connectivity index is 3.45. The number of amides is 1. The van der Waals surface area contributed by atoms with Gasteiger partial charge >= 0.3 is 0 Å². The van der Waals surface area contributed by atoms with Crippen LogP contribution < -0.4 is 5.32 Å². The van der Waals surface area contributed by atoms with E-state index < -0.39 is 24.2 Å². The molecule has 0 aliphatic heterocycles. The van der Waals surface area contributed by atoms with Gasteiger partial charge in [0.1, 0.15) is 6.10 Å². The van der Waals surface area contributed by atoms with Crippen molar-refractivity contribution in [1.29, 1.82) is 0 Å². The molecule has 0 heterocycles. The van der Waals surface area contributed by atoms with Crippen molar-refractivity contribution < 1.29 is 20.1 Å². The largest absolute Gasteiger partial charge is 0.394 e. The zero-order valence-corrected chi connectivity index (χ0v) is 42.0. The zero-order chi connectivity index (χ0) is 45.1. The first-order valence-electron chi connectivity index (χ1n) is 28.2. The number of rotatable bonds is 52. The Hall–Kier alpha value is -1.17. The lowest BCUT2D eigenvalue weighted by molar-refractivity contribution is -0.131. The van der Waals surface area contributed by atoms with Crippen molar-refractivity contribution in [3.8, 4) is 0 Å². The molecule has 0 aliphatic carbocycles. The fraction of sp³-hybridized carbons (Fsp3) is 0.912. The molecular formula is C57H111NO4. The first kappa shape index (κ1) is 60.8. The minimum absolute atomic E-state index is 0.361. The summed E-state index contributed by atoms with van der Waals surface area (Å²) in [7, 11) is 0. The summed E-state index contributed by atoms with van der Waals surface area (Å²) in [6, 6.07) is -0.794. The van der Waals surface area contributed by atoms with Gasteiger partial charge in [0.2, 0.25) is 5.91 Å². The van der Waals surface area contributed by atoms with E-state index in [0.717, 1.165) is 32.1 Å². The molecule has 5 heteroatoms. The molecule has 0 bridgehead atoms. The maximum atomic E-state index is 12.5. The third-order valence-electron chi connectivity index (χ3n) is 13.3. The SMILES string of the molecule is CCCCCCCCCCCC/C=C/C(O)C(CO)NC(=O)C(O)CCCCCCCCCCCCCCCCCC/C=C\CCCCCCCCCCCCCCCCCC. The normalized spacial score (nSPS) is 13.4. The second kappa shape index (κ2) is 52.5. The van der Waals surface area contributed by atoms with Gasteiger partial charge in [0.25, 0.3) is 0 Å². The van der Waals surface area contributed by atoms with Gasteiger partial charge in [-0.15, -0.1) is 0 Å². The van der Waals surface area contributed by atoms with Gasteiger partial charge in [0.05, 0.1) is 18.8 Å². The molecule has 0 saturated carbocycles. The molecule has 0 fully saturated rings. The number of hydrogen-bond donors (Lipinski definition) is 4. The van der Waals surface area contributed by atoms with E-state index in [0.29, 0.717) is 6.42 Å². The molecule has 0 radical (unpaired) electrons. The van der Waals surface area contributed by atoms with Gasteiger partial charge in [-0.25, -0.2) is 0 Å². The Labute approximate surface area is 388 Å². The molecule has 4 N–H and O–H groups in total. The molecule has 1 amide bonds. The average Bonchev–Trinajstić information content (AvgIpc) is 3.28. The number of nitrogens with one attached hydrogen (secondary N) is 1. The third-order valence-corrected chi connectivity index (χ3v) is 13.3. The molecule has 0 spiro atoms. The maximum Gasteiger partial charge on any atom is 0.249 e. The quantitative estimate of drug-likeness (QED) is 0.0362. The van der Waals surface area contributed by atoms with Crippen LogP contribution in [0.5, 0.6) is 0 Å². The molecule has 3 atom stereocenters. The molecule has 5 nitrogen and oxygen atoms in total.